The summed E-state index contributed by atoms with van der Waals surface area (Å²) in [5.74, 6) is -1.16. The van der Waals surface area contributed by atoms with E-state index in [0.29, 0.717) is 11.3 Å². The van der Waals surface area contributed by atoms with Crippen molar-refractivity contribution >= 4 is 33.4 Å². The van der Waals surface area contributed by atoms with E-state index in [2.05, 4.69) is 15.9 Å². The van der Waals surface area contributed by atoms with Gasteiger partial charge in [0.1, 0.15) is 5.82 Å². The van der Waals surface area contributed by atoms with E-state index in [0.717, 1.165) is 4.90 Å². The molecule has 0 bridgehead atoms. The van der Waals surface area contributed by atoms with Crippen LogP contribution in [0.3, 0.4) is 0 Å². The number of carbonyl (C=O) groups excluding carboxylic acids is 2. The lowest BCUT2D eigenvalue weighted by atomic mass is 10.1. The molecule has 1 fully saturated rings. The molecule has 0 radical (unpaired) electrons. The topological polar surface area (TPSA) is 37.4 Å². The quantitative estimate of drug-likeness (QED) is 0.748. The van der Waals surface area contributed by atoms with E-state index in [9.17, 15) is 14.0 Å². The van der Waals surface area contributed by atoms with Gasteiger partial charge in [-0.05, 0) is 40.5 Å². The predicted octanol–water partition coefficient (Wildman–Crippen LogP) is 2.80. The molecule has 0 aromatic heterocycles. The number of halogens is 2. The van der Waals surface area contributed by atoms with Gasteiger partial charge in [0.15, 0.2) is 0 Å². The minimum Gasteiger partial charge on any atom is -0.274 e. The monoisotopic (exact) mass is 299 g/mol. The molecule has 17 heavy (non-hydrogen) atoms. The molecule has 0 saturated carbocycles. The molecule has 2 rings (SSSR count). The van der Waals surface area contributed by atoms with Crippen LogP contribution in [0.25, 0.3) is 0 Å². The molecule has 0 spiro atoms. The van der Waals surface area contributed by atoms with Gasteiger partial charge in [0.25, 0.3) is 0 Å². The van der Waals surface area contributed by atoms with E-state index in [4.69, 9.17) is 0 Å². The van der Waals surface area contributed by atoms with Crippen LogP contribution in [-0.2, 0) is 9.59 Å². The summed E-state index contributed by atoms with van der Waals surface area (Å²) in [4.78, 5) is 24.7. The number of nitrogens with zero attached hydrogens (tertiary/aromatic N) is 1. The highest BCUT2D eigenvalue weighted by atomic mass is 79.9. The number of hydrogen-bond acceptors (Lipinski definition) is 2. The number of imide groups is 1. The number of carbonyl (C=O) groups is 2. The van der Waals surface area contributed by atoms with Gasteiger partial charge in [0.2, 0.25) is 11.8 Å². The Morgan fingerprint density at radius 3 is 2.59 bits per heavy atom. The summed E-state index contributed by atoms with van der Waals surface area (Å²) < 4.78 is 13.5. The van der Waals surface area contributed by atoms with Crippen LogP contribution in [0.4, 0.5) is 10.1 Å². The Kier molecular flexibility index (Phi) is 3.03. The van der Waals surface area contributed by atoms with E-state index in [1.807, 2.05) is 0 Å². The first-order chi connectivity index (χ1) is 7.91. The summed E-state index contributed by atoms with van der Waals surface area (Å²) in [5.41, 5.74) is 1.03. The molecule has 2 amide bonds. The lowest BCUT2D eigenvalue weighted by molar-refractivity contribution is -0.122. The predicted molar refractivity (Wildman–Crippen MR) is 65.1 cm³/mol. The molecular weight excluding hydrogens is 289 g/mol. The van der Waals surface area contributed by atoms with Crippen LogP contribution in [0.1, 0.15) is 18.9 Å². The highest BCUT2D eigenvalue weighted by Gasteiger charge is 2.37. The van der Waals surface area contributed by atoms with Gasteiger partial charge < -0.3 is 0 Å². The van der Waals surface area contributed by atoms with Crippen molar-refractivity contribution in [1.82, 2.24) is 0 Å². The van der Waals surface area contributed by atoms with Crippen molar-refractivity contribution in [2.45, 2.75) is 20.3 Å². The molecule has 1 aromatic rings. The Morgan fingerprint density at radius 2 is 2.06 bits per heavy atom. The Labute approximate surface area is 107 Å². The Hall–Kier alpha value is -1.23. The summed E-state index contributed by atoms with van der Waals surface area (Å²) in [6.07, 6.45) is 0.216. The number of benzene rings is 1. The second-order valence-electron chi connectivity index (χ2n) is 4.23. The van der Waals surface area contributed by atoms with Crippen LogP contribution in [0.5, 0.6) is 0 Å². The van der Waals surface area contributed by atoms with E-state index in [-0.39, 0.29) is 28.6 Å². The minimum absolute atomic E-state index is 0.216. The summed E-state index contributed by atoms with van der Waals surface area (Å²) >= 11 is 3.06. The first-order valence-corrected chi connectivity index (χ1v) is 6.03. The molecule has 1 aliphatic rings. The van der Waals surface area contributed by atoms with Crippen molar-refractivity contribution in [2.24, 2.45) is 5.92 Å². The average molecular weight is 300 g/mol. The van der Waals surface area contributed by atoms with Gasteiger partial charge in [-0.1, -0.05) is 6.92 Å². The molecule has 1 heterocycles. The van der Waals surface area contributed by atoms with E-state index >= 15 is 0 Å². The van der Waals surface area contributed by atoms with E-state index in [1.165, 1.54) is 12.1 Å². The highest BCUT2D eigenvalue weighted by molar-refractivity contribution is 9.10. The fraction of sp³-hybridized carbons (Fsp3) is 0.333. The van der Waals surface area contributed by atoms with Gasteiger partial charge in [-0.15, -0.1) is 0 Å². The third-order valence-electron chi connectivity index (χ3n) is 2.85. The van der Waals surface area contributed by atoms with Gasteiger partial charge >= 0.3 is 0 Å². The summed E-state index contributed by atoms with van der Waals surface area (Å²) in [6.45, 7) is 3.39. The summed E-state index contributed by atoms with van der Waals surface area (Å²) in [6, 6.07) is 2.78. The van der Waals surface area contributed by atoms with Gasteiger partial charge in [-0.2, -0.15) is 0 Å². The van der Waals surface area contributed by atoms with Crippen LogP contribution >= 0.6 is 15.9 Å². The highest BCUT2D eigenvalue weighted by Crippen LogP contribution is 2.32. The molecule has 1 aliphatic heterocycles. The smallest absolute Gasteiger partial charge is 0.237 e. The van der Waals surface area contributed by atoms with Crippen LogP contribution < -0.4 is 4.90 Å². The molecule has 1 atom stereocenters. The normalized spacial score (nSPS) is 20.2. The van der Waals surface area contributed by atoms with Gasteiger partial charge in [0.05, 0.1) is 10.2 Å². The van der Waals surface area contributed by atoms with Crippen LogP contribution in [-0.4, -0.2) is 11.8 Å². The molecule has 1 unspecified atom stereocenters. The lowest BCUT2D eigenvalue weighted by Gasteiger charge is -2.17. The molecule has 1 aromatic carbocycles. The van der Waals surface area contributed by atoms with Crippen molar-refractivity contribution in [3.8, 4) is 0 Å². The van der Waals surface area contributed by atoms with Crippen molar-refractivity contribution in [1.29, 1.82) is 0 Å². The molecule has 5 heteroatoms. The molecule has 3 nitrogen and oxygen atoms in total. The second-order valence-corrected chi connectivity index (χ2v) is 5.08. The fourth-order valence-electron chi connectivity index (χ4n) is 1.91. The third-order valence-corrected chi connectivity index (χ3v) is 3.46. The van der Waals surface area contributed by atoms with Crippen molar-refractivity contribution in [3.63, 3.8) is 0 Å². The maximum absolute atomic E-state index is 13.3. The van der Waals surface area contributed by atoms with E-state index < -0.39 is 5.82 Å². The molecule has 0 aliphatic carbocycles. The summed E-state index contributed by atoms with van der Waals surface area (Å²) in [7, 11) is 0. The SMILES string of the molecule is Cc1cc(F)c(Br)cc1N1C(=O)CC(C)C1=O. The number of hydrogen-bond donors (Lipinski definition) is 0. The zero-order valence-corrected chi connectivity index (χ0v) is 11.0. The standard InChI is InChI=1S/C12H11BrFNO2/c1-6-3-9(14)8(13)5-10(6)15-11(16)4-7(2)12(15)17/h3,5,7H,4H2,1-2H3. The maximum Gasteiger partial charge on any atom is 0.237 e. The number of rotatable bonds is 1. The van der Waals surface area contributed by atoms with Crippen LogP contribution in [0.15, 0.2) is 16.6 Å². The first kappa shape index (κ1) is 12.2. The number of anilines is 1. The zero-order chi connectivity index (χ0) is 12.7. The van der Waals surface area contributed by atoms with Crippen LogP contribution in [0.2, 0.25) is 0 Å². The molecule has 1 saturated heterocycles. The third kappa shape index (κ3) is 1.99. The van der Waals surface area contributed by atoms with E-state index in [1.54, 1.807) is 13.8 Å². The Morgan fingerprint density at radius 1 is 1.41 bits per heavy atom. The molecule has 90 valence electrons. The second kappa shape index (κ2) is 4.22. The largest absolute Gasteiger partial charge is 0.274 e. The van der Waals surface area contributed by atoms with Gasteiger partial charge in [0, 0.05) is 12.3 Å². The number of amides is 2. The van der Waals surface area contributed by atoms with Crippen molar-refractivity contribution in [2.75, 3.05) is 4.90 Å². The van der Waals surface area contributed by atoms with Crippen molar-refractivity contribution in [3.05, 3.63) is 28.0 Å². The fourth-order valence-corrected chi connectivity index (χ4v) is 2.24. The summed E-state index contributed by atoms with van der Waals surface area (Å²) in [5, 5.41) is 0. The lowest BCUT2D eigenvalue weighted by Crippen LogP contribution is -2.30. The maximum atomic E-state index is 13.3. The van der Waals surface area contributed by atoms with Crippen LogP contribution in [0, 0.1) is 18.7 Å². The number of aryl methyl sites for hydroxylation is 1. The van der Waals surface area contributed by atoms with Crippen molar-refractivity contribution < 1.29 is 14.0 Å². The first-order valence-electron chi connectivity index (χ1n) is 5.24. The molecular formula is C12H11BrFNO2. The average Bonchev–Trinajstić information content (AvgIpc) is 2.48. The Bertz CT molecular complexity index is 515. The zero-order valence-electron chi connectivity index (χ0n) is 9.46. The minimum atomic E-state index is -0.404. The van der Waals surface area contributed by atoms with Gasteiger partial charge in [-0.25, -0.2) is 4.39 Å². The Balaban J connectivity index is 2.51. The molecule has 0 N–H and O–H groups in total. The van der Waals surface area contributed by atoms with Gasteiger partial charge in [-0.3, -0.25) is 14.5 Å².